The van der Waals surface area contributed by atoms with Gasteiger partial charge in [0.2, 0.25) is 16.8 Å². The molecule has 1 saturated heterocycles. The van der Waals surface area contributed by atoms with Crippen molar-refractivity contribution in [2.24, 2.45) is 7.05 Å². The second-order valence-electron chi connectivity index (χ2n) is 6.20. The van der Waals surface area contributed by atoms with E-state index in [0.29, 0.717) is 42.5 Å². The van der Waals surface area contributed by atoms with E-state index in [1.165, 1.54) is 4.31 Å². The number of nitrogens with zero attached hydrogens (tertiary/aromatic N) is 3. The molecule has 1 unspecified atom stereocenters. The van der Waals surface area contributed by atoms with Crippen LogP contribution in [-0.4, -0.2) is 48.7 Å². The molecule has 1 fully saturated rings. The van der Waals surface area contributed by atoms with Crippen molar-refractivity contribution >= 4 is 10.0 Å². The first-order valence-electron chi connectivity index (χ1n) is 8.08. The molecule has 0 saturated carbocycles. The molecule has 3 heterocycles. The minimum Gasteiger partial charge on any atom is -0.454 e. The predicted molar refractivity (Wildman–Crippen MR) is 90.0 cm³/mol. The molecule has 25 heavy (non-hydrogen) atoms. The maximum Gasteiger partial charge on any atom is 0.244 e. The number of hydrogen-bond acceptors (Lipinski definition) is 6. The van der Waals surface area contributed by atoms with Gasteiger partial charge in [0.1, 0.15) is 5.82 Å². The van der Waals surface area contributed by atoms with E-state index in [9.17, 15) is 8.42 Å². The van der Waals surface area contributed by atoms with Crippen LogP contribution in [0.3, 0.4) is 0 Å². The third kappa shape index (κ3) is 2.68. The number of rotatable bonds is 3. The minimum atomic E-state index is -3.70. The van der Waals surface area contributed by atoms with Crippen LogP contribution in [0.5, 0.6) is 11.5 Å². The molecule has 134 valence electrons. The molecule has 0 spiro atoms. The highest BCUT2D eigenvalue weighted by Crippen LogP contribution is 2.38. The summed E-state index contributed by atoms with van der Waals surface area (Å²) >= 11 is 0. The lowest BCUT2D eigenvalue weighted by Crippen LogP contribution is -2.49. The number of nitrogens with one attached hydrogen (secondary N) is 1. The fourth-order valence-electron chi connectivity index (χ4n) is 3.32. The number of imidazole rings is 1. The Labute approximate surface area is 146 Å². The van der Waals surface area contributed by atoms with Gasteiger partial charge in [0.25, 0.3) is 0 Å². The van der Waals surface area contributed by atoms with Gasteiger partial charge in [-0.2, -0.15) is 4.31 Å². The highest BCUT2D eigenvalue weighted by molar-refractivity contribution is 7.89. The van der Waals surface area contributed by atoms with E-state index in [1.807, 2.05) is 17.8 Å². The summed E-state index contributed by atoms with van der Waals surface area (Å²) in [5.41, 5.74) is 0.640. The Kier molecular flexibility index (Phi) is 3.94. The van der Waals surface area contributed by atoms with Gasteiger partial charge in [0.05, 0.1) is 10.9 Å². The fourth-order valence-corrected chi connectivity index (χ4v) is 5.13. The quantitative estimate of drug-likeness (QED) is 0.867. The van der Waals surface area contributed by atoms with Crippen LogP contribution in [0.1, 0.15) is 17.4 Å². The number of piperazine rings is 1. The first-order valence-corrected chi connectivity index (χ1v) is 9.52. The van der Waals surface area contributed by atoms with Crippen molar-refractivity contribution in [2.45, 2.75) is 17.9 Å². The highest BCUT2D eigenvalue weighted by Gasteiger charge is 2.37. The van der Waals surface area contributed by atoms with Gasteiger partial charge >= 0.3 is 0 Å². The van der Waals surface area contributed by atoms with Crippen molar-refractivity contribution in [2.75, 3.05) is 26.4 Å². The summed E-state index contributed by atoms with van der Waals surface area (Å²) < 4.78 is 40.9. The number of aryl methyl sites for hydroxylation is 2. The molecule has 8 nitrogen and oxygen atoms in total. The van der Waals surface area contributed by atoms with Gasteiger partial charge in [0.15, 0.2) is 11.5 Å². The number of ether oxygens (including phenoxy) is 2. The summed E-state index contributed by atoms with van der Waals surface area (Å²) in [7, 11) is -1.83. The van der Waals surface area contributed by atoms with E-state index in [1.54, 1.807) is 25.3 Å². The molecular weight excluding hydrogens is 344 g/mol. The van der Waals surface area contributed by atoms with Crippen LogP contribution in [0, 0.1) is 6.92 Å². The lowest BCUT2D eigenvalue weighted by Gasteiger charge is -2.35. The fraction of sp³-hybridized carbons (Fsp3) is 0.438. The van der Waals surface area contributed by atoms with E-state index in [0.717, 1.165) is 0 Å². The summed E-state index contributed by atoms with van der Waals surface area (Å²) in [6.45, 7) is 3.39. The Bertz CT molecular complexity index is 909. The van der Waals surface area contributed by atoms with Crippen LogP contribution in [0.25, 0.3) is 0 Å². The molecule has 0 radical (unpaired) electrons. The van der Waals surface area contributed by atoms with Gasteiger partial charge in [-0.25, -0.2) is 13.4 Å². The van der Waals surface area contributed by atoms with Gasteiger partial charge in [-0.05, 0) is 18.6 Å². The molecule has 1 aromatic carbocycles. The number of fused-ring (bicyclic) bond motifs is 1. The molecule has 1 N–H and O–H groups in total. The number of sulfonamides is 1. The van der Waals surface area contributed by atoms with E-state index < -0.39 is 10.0 Å². The van der Waals surface area contributed by atoms with Crippen LogP contribution >= 0.6 is 0 Å². The van der Waals surface area contributed by atoms with Crippen LogP contribution in [-0.2, 0) is 17.1 Å². The molecule has 9 heteroatoms. The van der Waals surface area contributed by atoms with E-state index in [2.05, 4.69) is 10.3 Å². The van der Waals surface area contributed by atoms with Crippen molar-refractivity contribution in [1.29, 1.82) is 0 Å². The lowest BCUT2D eigenvalue weighted by molar-refractivity contribution is 0.174. The smallest absolute Gasteiger partial charge is 0.244 e. The van der Waals surface area contributed by atoms with Crippen LogP contribution in [0.4, 0.5) is 0 Å². The van der Waals surface area contributed by atoms with E-state index >= 15 is 0 Å². The molecule has 2 aliphatic heterocycles. The summed E-state index contributed by atoms with van der Waals surface area (Å²) in [5, 5.41) is 3.26. The van der Waals surface area contributed by atoms with Crippen LogP contribution < -0.4 is 14.8 Å². The zero-order valence-corrected chi connectivity index (χ0v) is 14.9. The Morgan fingerprint density at radius 2 is 2.04 bits per heavy atom. The Morgan fingerprint density at radius 3 is 2.76 bits per heavy atom. The number of benzene rings is 1. The largest absolute Gasteiger partial charge is 0.454 e. The molecule has 1 atom stereocenters. The summed E-state index contributed by atoms with van der Waals surface area (Å²) in [4.78, 5) is 4.60. The lowest BCUT2D eigenvalue weighted by atomic mass is 10.2. The van der Waals surface area contributed by atoms with Gasteiger partial charge in [-0.3, -0.25) is 0 Å². The first kappa shape index (κ1) is 16.4. The average Bonchev–Trinajstić information content (AvgIpc) is 3.22. The number of hydrogen-bond donors (Lipinski definition) is 1. The summed E-state index contributed by atoms with van der Waals surface area (Å²) in [6.07, 6.45) is 3.50. The van der Waals surface area contributed by atoms with E-state index in [-0.39, 0.29) is 17.7 Å². The van der Waals surface area contributed by atoms with Crippen molar-refractivity contribution in [3.8, 4) is 11.5 Å². The van der Waals surface area contributed by atoms with Gasteiger partial charge in [-0.1, -0.05) is 0 Å². The second-order valence-corrected chi connectivity index (χ2v) is 8.06. The van der Waals surface area contributed by atoms with Gasteiger partial charge in [-0.15, -0.1) is 0 Å². The zero-order valence-electron chi connectivity index (χ0n) is 14.1. The zero-order chi connectivity index (χ0) is 17.6. The Balaban J connectivity index is 1.77. The summed E-state index contributed by atoms with van der Waals surface area (Å²) in [5.74, 6) is 1.76. The van der Waals surface area contributed by atoms with Crippen LogP contribution in [0.2, 0.25) is 0 Å². The topological polar surface area (TPSA) is 85.7 Å². The third-order valence-electron chi connectivity index (χ3n) is 4.61. The standard InChI is InChI=1S/C16H20N4O4S/c1-11-7-13-14(24-10-23-13)8-15(11)25(21,22)20-6-3-17-9-12(20)16-18-4-5-19(16)2/h4-5,7-8,12,17H,3,6,9-10H2,1-2H3. The van der Waals surface area contributed by atoms with Crippen LogP contribution in [0.15, 0.2) is 29.4 Å². The molecule has 2 aromatic rings. The van der Waals surface area contributed by atoms with Crippen molar-refractivity contribution in [1.82, 2.24) is 19.2 Å². The Hall–Kier alpha value is -2.10. The first-order chi connectivity index (χ1) is 12.0. The minimum absolute atomic E-state index is 0.113. The molecule has 1 aromatic heterocycles. The maximum atomic E-state index is 13.4. The molecule has 2 aliphatic rings. The number of aromatic nitrogens is 2. The van der Waals surface area contributed by atoms with Gasteiger partial charge in [0, 0.05) is 45.1 Å². The molecule has 4 rings (SSSR count). The average molecular weight is 364 g/mol. The van der Waals surface area contributed by atoms with Crippen molar-refractivity contribution in [3.05, 3.63) is 35.9 Å². The highest BCUT2D eigenvalue weighted by atomic mass is 32.2. The second kappa shape index (κ2) is 6.01. The van der Waals surface area contributed by atoms with E-state index in [4.69, 9.17) is 9.47 Å². The molecule has 0 aliphatic carbocycles. The SMILES string of the molecule is Cc1cc2c(cc1S(=O)(=O)N1CCNCC1c1nccn1C)OCO2. The predicted octanol–water partition coefficient (Wildman–Crippen LogP) is 0.792. The molecular formula is C16H20N4O4S. The monoisotopic (exact) mass is 364 g/mol. The Morgan fingerprint density at radius 1 is 1.28 bits per heavy atom. The maximum absolute atomic E-state index is 13.4. The molecule has 0 amide bonds. The normalized spacial score (nSPS) is 20.8. The van der Waals surface area contributed by atoms with Crippen molar-refractivity contribution < 1.29 is 17.9 Å². The van der Waals surface area contributed by atoms with Crippen molar-refractivity contribution in [3.63, 3.8) is 0 Å². The summed E-state index contributed by atoms with van der Waals surface area (Å²) in [6, 6.07) is 2.92. The third-order valence-corrected chi connectivity index (χ3v) is 6.66. The van der Waals surface area contributed by atoms with Gasteiger partial charge < -0.3 is 19.4 Å². The molecule has 0 bridgehead atoms.